The van der Waals surface area contributed by atoms with E-state index in [4.69, 9.17) is 10.5 Å². The number of benzene rings is 3. The molecule has 0 saturated heterocycles. The number of nitrogen functional groups attached to an aromatic ring is 1. The summed E-state index contributed by atoms with van der Waals surface area (Å²) in [6.45, 7) is 2.76. The van der Waals surface area contributed by atoms with Gasteiger partial charge in [-0.25, -0.2) is 4.68 Å². The molecule has 1 amide bonds. The fourth-order valence-corrected chi connectivity index (χ4v) is 4.03. The maximum atomic E-state index is 12.7. The van der Waals surface area contributed by atoms with Crippen LogP contribution in [0.25, 0.3) is 11.3 Å². The third-order valence-electron chi connectivity index (χ3n) is 6.10. The van der Waals surface area contributed by atoms with E-state index in [-0.39, 0.29) is 17.5 Å². The van der Waals surface area contributed by atoms with Crippen LogP contribution in [-0.2, 0) is 6.54 Å². The highest BCUT2D eigenvalue weighted by atomic mass is 16.5. The lowest BCUT2D eigenvalue weighted by molar-refractivity contribution is 0.102. The van der Waals surface area contributed by atoms with Crippen LogP contribution >= 0.6 is 0 Å². The summed E-state index contributed by atoms with van der Waals surface area (Å²) < 4.78 is 6.61. The number of methoxy groups -OCH3 is 1. The molecule has 0 radical (unpaired) electrons. The van der Waals surface area contributed by atoms with E-state index in [1.807, 2.05) is 45.3 Å². The van der Waals surface area contributed by atoms with Crippen LogP contribution in [0.4, 0.5) is 11.4 Å². The Kier molecular flexibility index (Phi) is 7.69. The number of ether oxygens (including phenoxy) is 1. The molecule has 1 atom stereocenters. The number of carbonyl (C=O) groups is 1. The first-order chi connectivity index (χ1) is 17.7. The van der Waals surface area contributed by atoms with E-state index in [0.29, 0.717) is 22.7 Å². The maximum absolute atomic E-state index is 12.7. The van der Waals surface area contributed by atoms with E-state index < -0.39 is 0 Å². The molecule has 0 aliphatic rings. The summed E-state index contributed by atoms with van der Waals surface area (Å²) in [6.07, 6.45) is 0. The zero-order valence-corrected chi connectivity index (χ0v) is 21.4. The largest absolute Gasteiger partial charge is 0.497 e. The van der Waals surface area contributed by atoms with Crippen LogP contribution in [-0.4, -0.2) is 41.8 Å². The van der Waals surface area contributed by atoms with Crippen molar-refractivity contribution >= 4 is 17.3 Å². The van der Waals surface area contributed by atoms with Crippen LogP contribution in [0, 0.1) is 0 Å². The first-order valence-electron chi connectivity index (χ1n) is 11.9. The molecule has 0 fully saturated rings. The SMILES string of the molecule is COc1ccc(NC(=O)c2ccc([C@H](C)n3nc(-c4ccc(CN(C)C)cc4)ccc3=O)cc2)c(N)c1. The lowest BCUT2D eigenvalue weighted by Crippen LogP contribution is -2.26. The Labute approximate surface area is 216 Å². The van der Waals surface area contributed by atoms with Crippen molar-refractivity contribution in [2.45, 2.75) is 19.5 Å². The second kappa shape index (κ2) is 11.1. The molecule has 0 aliphatic heterocycles. The number of nitrogens with zero attached hydrogens (tertiary/aromatic N) is 3. The summed E-state index contributed by atoms with van der Waals surface area (Å²) in [5, 5.41) is 7.45. The smallest absolute Gasteiger partial charge is 0.267 e. The Hall–Kier alpha value is -4.43. The van der Waals surface area contributed by atoms with E-state index in [0.717, 1.165) is 23.4 Å². The Morgan fingerprint density at radius 2 is 1.73 bits per heavy atom. The fourth-order valence-electron chi connectivity index (χ4n) is 4.03. The van der Waals surface area contributed by atoms with Crippen molar-refractivity contribution in [3.63, 3.8) is 0 Å². The van der Waals surface area contributed by atoms with Gasteiger partial charge in [-0.1, -0.05) is 36.4 Å². The normalized spacial score (nSPS) is 11.8. The highest BCUT2D eigenvalue weighted by molar-refractivity contribution is 6.05. The predicted octanol–water partition coefficient (Wildman–Crippen LogP) is 4.42. The van der Waals surface area contributed by atoms with Gasteiger partial charge in [-0.2, -0.15) is 5.10 Å². The van der Waals surface area contributed by atoms with Gasteiger partial charge in [-0.05, 0) is 62.5 Å². The van der Waals surface area contributed by atoms with E-state index in [2.05, 4.69) is 27.4 Å². The van der Waals surface area contributed by atoms with E-state index in [9.17, 15) is 9.59 Å². The first kappa shape index (κ1) is 25.7. The molecule has 3 N–H and O–H groups in total. The highest BCUT2D eigenvalue weighted by Crippen LogP contribution is 2.25. The molecule has 0 bridgehead atoms. The van der Waals surface area contributed by atoms with Gasteiger partial charge >= 0.3 is 0 Å². The summed E-state index contributed by atoms with van der Waals surface area (Å²) in [5.41, 5.74) is 10.9. The molecule has 8 heteroatoms. The fraction of sp³-hybridized carbons (Fsp3) is 0.207. The molecular weight excluding hydrogens is 466 g/mol. The molecule has 37 heavy (non-hydrogen) atoms. The molecule has 4 aromatic rings. The Morgan fingerprint density at radius 1 is 1.03 bits per heavy atom. The lowest BCUT2D eigenvalue weighted by Gasteiger charge is -2.16. The summed E-state index contributed by atoms with van der Waals surface area (Å²) in [4.78, 5) is 27.5. The lowest BCUT2D eigenvalue weighted by atomic mass is 10.1. The van der Waals surface area contributed by atoms with Gasteiger partial charge in [0.25, 0.3) is 11.5 Å². The maximum Gasteiger partial charge on any atom is 0.267 e. The minimum absolute atomic E-state index is 0.197. The summed E-state index contributed by atoms with van der Waals surface area (Å²) >= 11 is 0. The van der Waals surface area contributed by atoms with Gasteiger partial charge in [0.1, 0.15) is 5.75 Å². The highest BCUT2D eigenvalue weighted by Gasteiger charge is 2.14. The van der Waals surface area contributed by atoms with Crippen molar-refractivity contribution in [1.29, 1.82) is 0 Å². The molecule has 0 unspecified atom stereocenters. The number of nitrogens with one attached hydrogen (secondary N) is 1. The summed E-state index contributed by atoms with van der Waals surface area (Å²) in [5.74, 6) is 0.328. The van der Waals surface area contributed by atoms with Crippen molar-refractivity contribution in [2.24, 2.45) is 0 Å². The molecule has 8 nitrogen and oxygen atoms in total. The molecular formula is C29H31N5O3. The average Bonchev–Trinajstić information content (AvgIpc) is 2.90. The van der Waals surface area contributed by atoms with Gasteiger partial charge in [0.2, 0.25) is 0 Å². The second-order valence-electron chi connectivity index (χ2n) is 9.14. The molecule has 3 aromatic carbocycles. The van der Waals surface area contributed by atoms with Gasteiger partial charge in [-0.3, -0.25) is 9.59 Å². The van der Waals surface area contributed by atoms with Crippen molar-refractivity contribution in [1.82, 2.24) is 14.7 Å². The quantitative estimate of drug-likeness (QED) is 0.349. The number of nitrogens with two attached hydrogens (primary N) is 1. The topological polar surface area (TPSA) is 102 Å². The van der Waals surface area contributed by atoms with Crippen molar-refractivity contribution in [2.75, 3.05) is 32.3 Å². The van der Waals surface area contributed by atoms with Crippen LogP contribution in [0.2, 0.25) is 0 Å². The van der Waals surface area contributed by atoms with Gasteiger partial charge in [0, 0.05) is 29.8 Å². The number of amides is 1. The van der Waals surface area contributed by atoms with Crippen LogP contribution in [0.3, 0.4) is 0 Å². The van der Waals surface area contributed by atoms with Crippen molar-refractivity contribution in [3.05, 3.63) is 106 Å². The van der Waals surface area contributed by atoms with E-state index in [1.165, 1.54) is 16.3 Å². The van der Waals surface area contributed by atoms with Gasteiger partial charge in [-0.15, -0.1) is 0 Å². The Balaban J connectivity index is 1.51. The summed E-state index contributed by atoms with van der Waals surface area (Å²) in [6, 6.07) is 23.3. The Morgan fingerprint density at radius 3 is 2.35 bits per heavy atom. The first-order valence-corrected chi connectivity index (χ1v) is 11.9. The van der Waals surface area contributed by atoms with Crippen LogP contribution < -0.4 is 21.3 Å². The van der Waals surface area contributed by atoms with Crippen LogP contribution in [0.1, 0.15) is 34.5 Å². The average molecular weight is 498 g/mol. The number of hydrogen-bond acceptors (Lipinski definition) is 6. The number of rotatable bonds is 8. The second-order valence-corrected chi connectivity index (χ2v) is 9.14. The molecule has 4 rings (SSSR count). The van der Waals surface area contributed by atoms with Crippen molar-refractivity contribution in [3.8, 4) is 17.0 Å². The number of hydrogen-bond donors (Lipinski definition) is 2. The van der Waals surface area contributed by atoms with Crippen LogP contribution in [0.5, 0.6) is 5.75 Å². The third-order valence-corrected chi connectivity index (χ3v) is 6.10. The minimum atomic E-state index is -0.324. The predicted molar refractivity (Wildman–Crippen MR) is 147 cm³/mol. The monoisotopic (exact) mass is 497 g/mol. The summed E-state index contributed by atoms with van der Waals surface area (Å²) in [7, 11) is 5.62. The van der Waals surface area contributed by atoms with Crippen LogP contribution in [0.15, 0.2) is 83.7 Å². The number of aromatic nitrogens is 2. The molecule has 190 valence electrons. The Bertz CT molecular complexity index is 1440. The molecule has 0 saturated carbocycles. The number of carbonyl (C=O) groups excluding carboxylic acids is 1. The molecule has 0 aliphatic carbocycles. The third kappa shape index (κ3) is 6.05. The standard InChI is InChI=1S/C29H31N5O3/c1-19(34-28(35)16-15-26(32-34)22-7-5-20(6-8-22)18-33(2)3)21-9-11-23(12-10-21)29(36)31-27-14-13-24(37-4)17-25(27)30/h5-17,19H,18,30H2,1-4H3,(H,31,36)/t19-/m0/s1. The van der Waals surface area contributed by atoms with Crippen molar-refractivity contribution < 1.29 is 9.53 Å². The number of anilines is 2. The zero-order chi connectivity index (χ0) is 26.5. The molecule has 1 heterocycles. The minimum Gasteiger partial charge on any atom is -0.497 e. The molecule has 0 spiro atoms. The van der Waals surface area contributed by atoms with Gasteiger partial charge in [0.05, 0.1) is 30.2 Å². The molecule has 1 aromatic heterocycles. The van der Waals surface area contributed by atoms with Gasteiger partial charge < -0.3 is 20.7 Å². The van der Waals surface area contributed by atoms with E-state index >= 15 is 0 Å². The van der Waals surface area contributed by atoms with E-state index in [1.54, 1.807) is 43.5 Å². The van der Waals surface area contributed by atoms with Gasteiger partial charge in [0.15, 0.2) is 0 Å². The zero-order valence-electron chi connectivity index (χ0n) is 21.4.